The Morgan fingerprint density at radius 1 is 1.23 bits per heavy atom. The second-order valence-electron chi connectivity index (χ2n) is 5.53. The number of hydrogen-bond acceptors (Lipinski definition) is 3. The SMILES string of the molecule is COc1ccc(CCC(=O)N(c2ccccn2)C2CC2)cc1. The van der Waals surface area contributed by atoms with Gasteiger partial charge in [0, 0.05) is 18.7 Å². The van der Waals surface area contributed by atoms with Gasteiger partial charge in [-0.25, -0.2) is 4.98 Å². The summed E-state index contributed by atoms with van der Waals surface area (Å²) < 4.78 is 5.15. The number of benzene rings is 1. The molecular formula is C18H20N2O2. The van der Waals surface area contributed by atoms with Gasteiger partial charge in [-0.05, 0) is 49.1 Å². The number of carbonyl (C=O) groups excluding carboxylic acids is 1. The fraction of sp³-hybridized carbons (Fsp3) is 0.333. The maximum atomic E-state index is 12.6. The lowest BCUT2D eigenvalue weighted by Crippen LogP contribution is -2.33. The summed E-state index contributed by atoms with van der Waals surface area (Å²) in [6.45, 7) is 0. The molecule has 0 radical (unpaired) electrons. The molecule has 0 unspecified atom stereocenters. The van der Waals surface area contributed by atoms with E-state index in [1.165, 1.54) is 0 Å². The van der Waals surface area contributed by atoms with E-state index in [0.717, 1.165) is 36.4 Å². The van der Waals surface area contributed by atoms with Crippen LogP contribution in [-0.2, 0) is 11.2 Å². The molecule has 1 aromatic carbocycles. The van der Waals surface area contributed by atoms with Crippen LogP contribution in [0, 0.1) is 0 Å². The quantitative estimate of drug-likeness (QED) is 0.822. The Kier molecular flexibility index (Phi) is 4.37. The van der Waals surface area contributed by atoms with Crippen molar-refractivity contribution in [2.45, 2.75) is 31.7 Å². The summed E-state index contributed by atoms with van der Waals surface area (Å²) in [5, 5.41) is 0. The maximum Gasteiger partial charge on any atom is 0.228 e. The molecule has 4 heteroatoms. The van der Waals surface area contributed by atoms with Crippen molar-refractivity contribution in [1.82, 2.24) is 4.98 Å². The van der Waals surface area contributed by atoms with Crippen molar-refractivity contribution in [3.05, 3.63) is 54.2 Å². The topological polar surface area (TPSA) is 42.4 Å². The molecule has 1 fully saturated rings. The first-order valence-electron chi connectivity index (χ1n) is 7.64. The summed E-state index contributed by atoms with van der Waals surface area (Å²) in [5.41, 5.74) is 1.14. The molecule has 22 heavy (non-hydrogen) atoms. The third kappa shape index (κ3) is 3.45. The van der Waals surface area contributed by atoms with E-state index < -0.39 is 0 Å². The van der Waals surface area contributed by atoms with Gasteiger partial charge >= 0.3 is 0 Å². The van der Waals surface area contributed by atoms with Crippen LogP contribution in [0.4, 0.5) is 5.82 Å². The fourth-order valence-corrected chi connectivity index (χ4v) is 2.51. The van der Waals surface area contributed by atoms with E-state index in [0.29, 0.717) is 12.5 Å². The number of ether oxygens (including phenoxy) is 1. The number of aryl methyl sites for hydroxylation is 1. The standard InChI is InChI=1S/C18H20N2O2/c1-22-16-10-5-14(6-11-16)7-12-18(21)20(15-8-9-15)17-4-2-3-13-19-17/h2-6,10-11,13,15H,7-9,12H2,1H3. The number of pyridine rings is 1. The first-order chi connectivity index (χ1) is 10.8. The van der Waals surface area contributed by atoms with Gasteiger partial charge in [-0.2, -0.15) is 0 Å². The summed E-state index contributed by atoms with van der Waals surface area (Å²) in [7, 11) is 1.65. The van der Waals surface area contributed by atoms with Crippen molar-refractivity contribution in [2.24, 2.45) is 0 Å². The Morgan fingerprint density at radius 2 is 2.00 bits per heavy atom. The van der Waals surface area contributed by atoms with Gasteiger partial charge in [0.05, 0.1) is 7.11 Å². The molecule has 1 aliphatic carbocycles. The third-order valence-electron chi connectivity index (χ3n) is 3.86. The first kappa shape index (κ1) is 14.6. The Labute approximate surface area is 130 Å². The van der Waals surface area contributed by atoms with Gasteiger partial charge in [0.2, 0.25) is 5.91 Å². The second kappa shape index (κ2) is 6.60. The van der Waals surface area contributed by atoms with Crippen LogP contribution in [0.1, 0.15) is 24.8 Å². The monoisotopic (exact) mass is 296 g/mol. The highest BCUT2D eigenvalue weighted by molar-refractivity contribution is 5.93. The Morgan fingerprint density at radius 3 is 2.59 bits per heavy atom. The molecule has 3 rings (SSSR count). The highest BCUT2D eigenvalue weighted by Crippen LogP contribution is 2.31. The van der Waals surface area contributed by atoms with Crippen molar-refractivity contribution in [3.8, 4) is 5.75 Å². The lowest BCUT2D eigenvalue weighted by Gasteiger charge is -2.21. The van der Waals surface area contributed by atoms with Gasteiger partial charge in [-0.15, -0.1) is 0 Å². The number of aromatic nitrogens is 1. The maximum absolute atomic E-state index is 12.6. The lowest BCUT2D eigenvalue weighted by molar-refractivity contribution is -0.118. The fourth-order valence-electron chi connectivity index (χ4n) is 2.51. The van der Waals surface area contributed by atoms with Gasteiger partial charge < -0.3 is 4.74 Å². The summed E-state index contributed by atoms with van der Waals surface area (Å²) in [6.07, 6.45) is 5.12. The molecule has 1 amide bonds. The predicted molar refractivity (Wildman–Crippen MR) is 86.1 cm³/mol. The molecule has 0 atom stereocenters. The molecule has 0 saturated heterocycles. The zero-order chi connectivity index (χ0) is 15.4. The molecule has 1 aromatic heterocycles. The Bertz CT molecular complexity index is 621. The highest BCUT2D eigenvalue weighted by atomic mass is 16.5. The van der Waals surface area contributed by atoms with Gasteiger partial charge in [-0.1, -0.05) is 18.2 Å². The van der Waals surface area contributed by atoms with E-state index in [2.05, 4.69) is 4.98 Å². The zero-order valence-corrected chi connectivity index (χ0v) is 12.7. The van der Waals surface area contributed by atoms with Crippen LogP contribution >= 0.6 is 0 Å². The molecule has 1 aliphatic rings. The normalized spacial score (nSPS) is 13.7. The van der Waals surface area contributed by atoms with Crippen LogP contribution in [0.2, 0.25) is 0 Å². The van der Waals surface area contributed by atoms with E-state index in [-0.39, 0.29) is 5.91 Å². The largest absolute Gasteiger partial charge is 0.497 e. The molecule has 0 spiro atoms. The number of methoxy groups -OCH3 is 1. The predicted octanol–water partition coefficient (Wildman–Crippen LogP) is 3.22. The van der Waals surface area contributed by atoms with Crippen LogP contribution in [0.3, 0.4) is 0 Å². The molecule has 4 nitrogen and oxygen atoms in total. The second-order valence-corrected chi connectivity index (χ2v) is 5.53. The molecule has 1 heterocycles. The number of carbonyl (C=O) groups is 1. The van der Waals surface area contributed by atoms with Crippen LogP contribution in [0.5, 0.6) is 5.75 Å². The number of rotatable bonds is 6. The zero-order valence-electron chi connectivity index (χ0n) is 12.7. The average Bonchev–Trinajstić information content (AvgIpc) is 3.39. The lowest BCUT2D eigenvalue weighted by atomic mass is 10.1. The number of hydrogen-bond donors (Lipinski definition) is 0. The van der Waals surface area contributed by atoms with E-state index >= 15 is 0 Å². The van der Waals surface area contributed by atoms with Gasteiger partial charge in [0.1, 0.15) is 11.6 Å². The third-order valence-corrected chi connectivity index (χ3v) is 3.86. The molecule has 114 valence electrons. The van der Waals surface area contributed by atoms with Crippen molar-refractivity contribution in [2.75, 3.05) is 12.0 Å². The molecule has 0 bridgehead atoms. The average molecular weight is 296 g/mol. The van der Waals surface area contributed by atoms with E-state index in [1.807, 2.05) is 47.4 Å². The minimum Gasteiger partial charge on any atom is -0.497 e. The van der Waals surface area contributed by atoms with Crippen LogP contribution in [-0.4, -0.2) is 24.0 Å². The first-order valence-corrected chi connectivity index (χ1v) is 7.64. The Hall–Kier alpha value is -2.36. The van der Waals surface area contributed by atoms with E-state index in [9.17, 15) is 4.79 Å². The summed E-state index contributed by atoms with van der Waals surface area (Å²) in [6, 6.07) is 13.9. The molecular weight excluding hydrogens is 276 g/mol. The minimum atomic E-state index is 0.150. The van der Waals surface area contributed by atoms with Crippen molar-refractivity contribution < 1.29 is 9.53 Å². The van der Waals surface area contributed by atoms with Crippen LogP contribution in [0.25, 0.3) is 0 Å². The minimum absolute atomic E-state index is 0.150. The smallest absolute Gasteiger partial charge is 0.228 e. The van der Waals surface area contributed by atoms with Crippen molar-refractivity contribution >= 4 is 11.7 Å². The summed E-state index contributed by atoms with van der Waals surface area (Å²) in [5.74, 6) is 1.75. The van der Waals surface area contributed by atoms with Crippen LogP contribution in [0.15, 0.2) is 48.7 Å². The van der Waals surface area contributed by atoms with E-state index in [1.54, 1.807) is 13.3 Å². The van der Waals surface area contributed by atoms with Gasteiger partial charge in [0.15, 0.2) is 0 Å². The summed E-state index contributed by atoms with van der Waals surface area (Å²) >= 11 is 0. The highest BCUT2D eigenvalue weighted by Gasteiger charge is 2.33. The summed E-state index contributed by atoms with van der Waals surface area (Å²) in [4.78, 5) is 18.8. The van der Waals surface area contributed by atoms with Crippen molar-refractivity contribution in [3.63, 3.8) is 0 Å². The van der Waals surface area contributed by atoms with E-state index in [4.69, 9.17) is 4.74 Å². The Balaban J connectivity index is 1.64. The van der Waals surface area contributed by atoms with Gasteiger partial charge in [0.25, 0.3) is 0 Å². The molecule has 1 saturated carbocycles. The van der Waals surface area contributed by atoms with Crippen LogP contribution < -0.4 is 9.64 Å². The van der Waals surface area contributed by atoms with Gasteiger partial charge in [-0.3, -0.25) is 9.69 Å². The molecule has 0 aliphatic heterocycles. The number of anilines is 1. The van der Waals surface area contributed by atoms with Crippen molar-refractivity contribution in [1.29, 1.82) is 0 Å². The number of amides is 1. The molecule has 2 aromatic rings. The number of nitrogens with zero attached hydrogens (tertiary/aromatic N) is 2. The molecule has 0 N–H and O–H groups in total.